The molecule has 1 N–H and O–H groups in total. The molecule has 0 saturated heterocycles. The lowest BCUT2D eigenvalue weighted by atomic mass is 9.93. The second-order valence-corrected chi connectivity index (χ2v) is 6.75. The Hall–Kier alpha value is -2.47. The highest BCUT2D eigenvalue weighted by molar-refractivity contribution is 6.33. The molecule has 6 nitrogen and oxygen atoms in total. The zero-order valence-corrected chi connectivity index (χ0v) is 14.7. The molecule has 1 aliphatic heterocycles. The van der Waals surface area contributed by atoms with Crippen molar-refractivity contribution >= 4 is 23.5 Å². The molecular formula is C18H18ClN3O3. The van der Waals surface area contributed by atoms with Crippen LogP contribution in [-0.2, 0) is 17.8 Å². The molecule has 2 aromatic rings. The smallest absolute Gasteiger partial charge is 0.326 e. The molecule has 2 heterocycles. The van der Waals surface area contributed by atoms with Gasteiger partial charge in [-0.15, -0.1) is 0 Å². The molecule has 1 aliphatic rings. The molecule has 0 fully saturated rings. The van der Waals surface area contributed by atoms with Crippen LogP contribution in [0.1, 0.15) is 47.2 Å². The minimum absolute atomic E-state index is 0.0289. The normalized spacial score (nSPS) is 16.6. The second kappa shape index (κ2) is 6.80. The van der Waals surface area contributed by atoms with Gasteiger partial charge in [0.15, 0.2) is 5.69 Å². The average Bonchev–Trinajstić information content (AvgIpc) is 2.60. The highest BCUT2D eigenvalue weighted by Gasteiger charge is 2.36. The van der Waals surface area contributed by atoms with Gasteiger partial charge >= 0.3 is 5.97 Å². The Morgan fingerprint density at radius 1 is 1.28 bits per heavy atom. The van der Waals surface area contributed by atoms with Crippen molar-refractivity contribution in [2.45, 2.75) is 38.8 Å². The number of hydrogen-bond donors (Lipinski definition) is 1. The first-order chi connectivity index (χ1) is 11.9. The van der Waals surface area contributed by atoms with E-state index in [1.165, 1.54) is 11.1 Å². The maximum Gasteiger partial charge on any atom is 0.326 e. The van der Waals surface area contributed by atoms with Gasteiger partial charge in [-0.3, -0.25) is 4.79 Å². The standard InChI is InChI=1S/C18H18ClN3O3/c1-10(2)16-20-8-13(19)15(21-16)17(23)22-9-12-6-4-3-5-11(12)7-14(22)18(24)25/h3-6,8,10,14H,7,9H2,1-2H3,(H,24,25). The van der Waals surface area contributed by atoms with Crippen molar-refractivity contribution in [1.82, 2.24) is 14.9 Å². The first-order valence-corrected chi connectivity index (χ1v) is 8.39. The van der Waals surface area contributed by atoms with Gasteiger partial charge in [0.25, 0.3) is 5.91 Å². The predicted octanol–water partition coefficient (Wildman–Crippen LogP) is 2.91. The van der Waals surface area contributed by atoms with E-state index in [-0.39, 0.29) is 29.6 Å². The molecule has 3 rings (SSSR count). The maximum atomic E-state index is 13.0. The summed E-state index contributed by atoms with van der Waals surface area (Å²) in [6.45, 7) is 4.03. The van der Waals surface area contributed by atoms with Gasteiger partial charge in [-0.1, -0.05) is 49.7 Å². The number of carboxylic acid groups (broad SMARTS) is 1. The number of nitrogens with zero attached hydrogens (tertiary/aromatic N) is 3. The molecule has 130 valence electrons. The average molecular weight is 360 g/mol. The molecule has 0 spiro atoms. The van der Waals surface area contributed by atoms with Crippen LogP contribution in [0.5, 0.6) is 0 Å². The van der Waals surface area contributed by atoms with E-state index in [1.54, 1.807) is 0 Å². The van der Waals surface area contributed by atoms with Crippen LogP contribution in [0, 0.1) is 0 Å². The summed E-state index contributed by atoms with van der Waals surface area (Å²) in [5.74, 6) is -1.01. The monoisotopic (exact) mass is 359 g/mol. The number of aliphatic carboxylic acids is 1. The molecule has 7 heteroatoms. The van der Waals surface area contributed by atoms with E-state index in [1.807, 2.05) is 38.1 Å². The first kappa shape index (κ1) is 17.4. The fraction of sp³-hybridized carbons (Fsp3) is 0.333. The number of carbonyl (C=O) groups is 2. The van der Waals surface area contributed by atoms with Crippen LogP contribution in [0.25, 0.3) is 0 Å². The number of fused-ring (bicyclic) bond motifs is 1. The Labute approximate surface area is 150 Å². The van der Waals surface area contributed by atoms with Gasteiger partial charge in [-0.05, 0) is 11.1 Å². The van der Waals surface area contributed by atoms with Crippen molar-refractivity contribution in [3.8, 4) is 0 Å². The number of aromatic nitrogens is 2. The molecule has 0 aliphatic carbocycles. The van der Waals surface area contributed by atoms with E-state index in [0.29, 0.717) is 5.82 Å². The minimum Gasteiger partial charge on any atom is -0.480 e. The third kappa shape index (κ3) is 3.35. The molecule has 1 aromatic carbocycles. The number of halogens is 1. The van der Waals surface area contributed by atoms with Crippen LogP contribution in [0.3, 0.4) is 0 Å². The molecule has 25 heavy (non-hydrogen) atoms. The molecule has 1 amide bonds. The number of carboxylic acids is 1. The fourth-order valence-electron chi connectivity index (χ4n) is 2.90. The van der Waals surface area contributed by atoms with Crippen molar-refractivity contribution in [2.75, 3.05) is 0 Å². The first-order valence-electron chi connectivity index (χ1n) is 8.01. The second-order valence-electron chi connectivity index (χ2n) is 6.34. The summed E-state index contributed by atoms with van der Waals surface area (Å²) in [6, 6.07) is 6.58. The molecule has 1 aromatic heterocycles. The number of rotatable bonds is 3. The summed E-state index contributed by atoms with van der Waals surface area (Å²) in [7, 11) is 0. The quantitative estimate of drug-likeness (QED) is 0.911. The summed E-state index contributed by atoms with van der Waals surface area (Å²) in [5.41, 5.74) is 1.92. The number of carbonyl (C=O) groups excluding carboxylic acids is 1. The lowest BCUT2D eigenvalue weighted by molar-refractivity contribution is -0.142. The van der Waals surface area contributed by atoms with Crippen molar-refractivity contribution in [2.24, 2.45) is 0 Å². The Morgan fingerprint density at radius 3 is 2.60 bits per heavy atom. The van der Waals surface area contributed by atoms with Gasteiger partial charge in [0.1, 0.15) is 11.9 Å². The van der Waals surface area contributed by atoms with Crippen LogP contribution in [-0.4, -0.2) is 37.9 Å². The van der Waals surface area contributed by atoms with Gasteiger partial charge < -0.3 is 10.0 Å². The van der Waals surface area contributed by atoms with Gasteiger partial charge in [-0.25, -0.2) is 14.8 Å². The highest BCUT2D eigenvalue weighted by atomic mass is 35.5. The van der Waals surface area contributed by atoms with E-state index >= 15 is 0 Å². The highest BCUT2D eigenvalue weighted by Crippen LogP contribution is 2.27. The molecule has 0 saturated carbocycles. The molecule has 1 atom stereocenters. The van der Waals surface area contributed by atoms with Gasteiger partial charge in [0.2, 0.25) is 0 Å². The van der Waals surface area contributed by atoms with Crippen molar-refractivity contribution in [3.63, 3.8) is 0 Å². The predicted molar refractivity (Wildman–Crippen MR) is 92.6 cm³/mol. The molecule has 1 unspecified atom stereocenters. The van der Waals surface area contributed by atoms with Crippen LogP contribution in [0.4, 0.5) is 0 Å². The Morgan fingerprint density at radius 2 is 1.96 bits per heavy atom. The van der Waals surface area contributed by atoms with Gasteiger partial charge in [0.05, 0.1) is 11.2 Å². The number of amides is 1. The minimum atomic E-state index is -1.04. The zero-order valence-electron chi connectivity index (χ0n) is 13.9. The fourth-order valence-corrected chi connectivity index (χ4v) is 3.07. The van der Waals surface area contributed by atoms with Crippen LogP contribution < -0.4 is 0 Å². The van der Waals surface area contributed by atoms with E-state index in [2.05, 4.69) is 9.97 Å². The molecule has 0 radical (unpaired) electrons. The van der Waals surface area contributed by atoms with Crippen molar-refractivity contribution in [3.05, 3.63) is 58.1 Å². The topological polar surface area (TPSA) is 83.4 Å². The maximum absolute atomic E-state index is 13.0. The van der Waals surface area contributed by atoms with Crippen LogP contribution >= 0.6 is 11.6 Å². The summed E-state index contributed by atoms with van der Waals surface area (Å²) in [6.07, 6.45) is 1.65. The SMILES string of the molecule is CC(C)c1ncc(Cl)c(C(=O)N2Cc3ccccc3CC2C(=O)O)n1. The number of benzene rings is 1. The van der Waals surface area contributed by atoms with Gasteiger partial charge in [0, 0.05) is 18.9 Å². The Bertz CT molecular complexity index is 838. The third-order valence-electron chi connectivity index (χ3n) is 4.28. The van der Waals surface area contributed by atoms with Crippen LogP contribution in [0.15, 0.2) is 30.5 Å². The summed E-state index contributed by atoms with van der Waals surface area (Å²) < 4.78 is 0. The number of hydrogen-bond acceptors (Lipinski definition) is 4. The summed E-state index contributed by atoms with van der Waals surface area (Å²) >= 11 is 6.12. The largest absolute Gasteiger partial charge is 0.480 e. The molecule has 0 bridgehead atoms. The Kier molecular flexibility index (Phi) is 4.72. The van der Waals surface area contributed by atoms with E-state index in [4.69, 9.17) is 11.6 Å². The lowest BCUT2D eigenvalue weighted by Crippen LogP contribution is -2.49. The molecular weight excluding hydrogens is 342 g/mol. The van der Waals surface area contributed by atoms with Crippen LogP contribution in [0.2, 0.25) is 5.02 Å². The Balaban J connectivity index is 2.00. The summed E-state index contributed by atoms with van der Waals surface area (Å²) in [5, 5.41) is 9.71. The van der Waals surface area contributed by atoms with E-state index in [9.17, 15) is 14.7 Å². The lowest BCUT2D eigenvalue weighted by Gasteiger charge is -2.34. The van der Waals surface area contributed by atoms with E-state index < -0.39 is 17.9 Å². The van der Waals surface area contributed by atoms with Gasteiger partial charge in [-0.2, -0.15) is 0 Å². The summed E-state index contributed by atoms with van der Waals surface area (Å²) in [4.78, 5) is 34.4. The third-order valence-corrected chi connectivity index (χ3v) is 4.55. The van der Waals surface area contributed by atoms with Crippen molar-refractivity contribution in [1.29, 1.82) is 0 Å². The van der Waals surface area contributed by atoms with Crippen molar-refractivity contribution < 1.29 is 14.7 Å². The van der Waals surface area contributed by atoms with E-state index in [0.717, 1.165) is 11.1 Å². The zero-order chi connectivity index (χ0) is 18.1.